The third kappa shape index (κ3) is 5.13. The van der Waals surface area contributed by atoms with Crippen molar-refractivity contribution in [3.8, 4) is 0 Å². The Balaban J connectivity index is 2.61. The number of hydrazine groups is 1. The van der Waals surface area contributed by atoms with E-state index >= 15 is 0 Å². The Labute approximate surface area is 115 Å². The van der Waals surface area contributed by atoms with Crippen molar-refractivity contribution in [2.75, 3.05) is 0 Å². The van der Waals surface area contributed by atoms with Crippen molar-refractivity contribution in [3.63, 3.8) is 0 Å². The second-order valence-electron chi connectivity index (χ2n) is 4.71. The molecule has 1 aromatic carbocycles. The first-order valence-electron chi connectivity index (χ1n) is 5.43. The van der Waals surface area contributed by atoms with Gasteiger partial charge in [-0.1, -0.05) is 11.6 Å². The first kappa shape index (κ1) is 15.2. The molecule has 19 heavy (non-hydrogen) atoms. The Kier molecular flexibility index (Phi) is 4.72. The number of ether oxygens (including phenoxy) is 1. The zero-order valence-corrected chi connectivity index (χ0v) is 11.5. The smallest absolute Gasteiger partial charge is 0.426 e. The van der Waals surface area contributed by atoms with Gasteiger partial charge in [-0.05, 0) is 39.0 Å². The number of carbonyl (C=O) groups excluding carboxylic acids is 2. The lowest BCUT2D eigenvalue weighted by Gasteiger charge is -2.19. The number of amides is 2. The van der Waals surface area contributed by atoms with Crippen LogP contribution in [0.5, 0.6) is 0 Å². The van der Waals surface area contributed by atoms with Gasteiger partial charge in [-0.3, -0.25) is 10.2 Å². The average molecular weight is 289 g/mol. The lowest BCUT2D eigenvalue weighted by Crippen LogP contribution is -2.44. The second-order valence-corrected chi connectivity index (χ2v) is 5.14. The topological polar surface area (TPSA) is 67.4 Å². The van der Waals surface area contributed by atoms with Crippen molar-refractivity contribution in [1.82, 2.24) is 10.9 Å². The summed E-state index contributed by atoms with van der Waals surface area (Å²) in [6.07, 6.45) is -0.844. The summed E-state index contributed by atoms with van der Waals surface area (Å²) in [5.41, 5.74) is 3.07. The van der Waals surface area contributed by atoms with Gasteiger partial charge < -0.3 is 4.74 Å². The number of halogens is 2. The zero-order valence-electron chi connectivity index (χ0n) is 10.7. The van der Waals surface area contributed by atoms with Gasteiger partial charge in [0, 0.05) is 5.02 Å². The van der Waals surface area contributed by atoms with Crippen LogP contribution in [0, 0.1) is 5.82 Å². The van der Waals surface area contributed by atoms with Crippen LogP contribution >= 0.6 is 11.6 Å². The number of rotatable bonds is 1. The Hall–Kier alpha value is -1.82. The maximum absolute atomic E-state index is 13.4. The summed E-state index contributed by atoms with van der Waals surface area (Å²) in [6, 6.07) is 3.53. The minimum Gasteiger partial charge on any atom is -0.443 e. The molecule has 0 bridgehead atoms. The lowest BCUT2D eigenvalue weighted by atomic mass is 10.2. The summed E-state index contributed by atoms with van der Waals surface area (Å²) in [7, 11) is 0. The molecule has 0 radical (unpaired) electrons. The molecule has 0 spiro atoms. The van der Waals surface area contributed by atoms with Crippen LogP contribution in [0.1, 0.15) is 31.1 Å². The molecule has 5 nitrogen and oxygen atoms in total. The molecule has 0 aliphatic rings. The number of hydrogen-bond acceptors (Lipinski definition) is 3. The van der Waals surface area contributed by atoms with E-state index in [-0.39, 0.29) is 10.6 Å². The first-order valence-corrected chi connectivity index (χ1v) is 5.81. The van der Waals surface area contributed by atoms with Gasteiger partial charge in [0.2, 0.25) is 0 Å². The molecule has 0 heterocycles. The summed E-state index contributed by atoms with van der Waals surface area (Å²) in [6.45, 7) is 5.01. The number of carbonyl (C=O) groups is 2. The van der Waals surface area contributed by atoms with Gasteiger partial charge in [0.25, 0.3) is 5.91 Å². The van der Waals surface area contributed by atoms with Crippen molar-refractivity contribution in [2.45, 2.75) is 26.4 Å². The highest BCUT2D eigenvalue weighted by Crippen LogP contribution is 2.14. The van der Waals surface area contributed by atoms with E-state index < -0.39 is 23.4 Å². The summed E-state index contributed by atoms with van der Waals surface area (Å²) in [5.74, 6) is -1.57. The van der Waals surface area contributed by atoms with E-state index in [0.29, 0.717) is 0 Å². The standard InChI is InChI=1S/C12H14ClFN2O3/c1-12(2,3)19-11(18)16-15-10(17)8-6-7(13)4-5-9(8)14/h4-6H,1-3H3,(H,15,17)(H,16,18). The zero-order chi connectivity index (χ0) is 14.6. The van der Waals surface area contributed by atoms with E-state index in [4.69, 9.17) is 16.3 Å². The van der Waals surface area contributed by atoms with Gasteiger partial charge in [0.05, 0.1) is 5.56 Å². The molecule has 0 atom stereocenters. The van der Waals surface area contributed by atoms with Crippen molar-refractivity contribution < 1.29 is 18.7 Å². The SMILES string of the molecule is CC(C)(C)OC(=O)NNC(=O)c1cc(Cl)ccc1F. The van der Waals surface area contributed by atoms with Crippen LogP contribution in [0.3, 0.4) is 0 Å². The first-order chi connectivity index (χ1) is 8.69. The third-order valence-corrected chi connectivity index (χ3v) is 2.09. The fourth-order valence-electron chi connectivity index (χ4n) is 1.15. The van der Waals surface area contributed by atoms with Crippen LogP contribution in [0.15, 0.2) is 18.2 Å². The van der Waals surface area contributed by atoms with Gasteiger partial charge in [0.1, 0.15) is 11.4 Å². The van der Waals surface area contributed by atoms with Crippen molar-refractivity contribution in [2.24, 2.45) is 0 Å². The molecule has 1 rings (SSSR count). The van der Waals surface area contributed by atoms with Crippen LogP contribution in [-0.2, 0) is 4.74 Å². The molecule has 0 aliphatic heterocycles. The van der Waals surface area contributed by atoms with Crippen LogP contribution in [0.2, 0.25) is 5.02 Å². The average Bonchev–Trinajstić information content (AvgIpc) is 2.27. The normalized spacial score (nSPS) is 10.8. The molecule has 104 valence electrons. The largest absolute Gasteiger partial charge is 0.443 e. The van der Waals surface area contributed by atoms with Crippen LogP contribution in [0.25, 0.3) is 0 Å². The predicted molar refractivity (Wildman–Crippen MR) is 68.2 cm³/mol. The van der Waals surface area contributed by atoms with Crippen molar-refractivity contribution in [3.05, 3.63) is 34.6 Å². The Morgan fingerprint density at radius 3 is 2.47 bits per heavy atom. The maximum atomic E-state index is 13.4. The Morgan fingerprint density at radius 1 is 1.26 bits per heavy atom. The van der Waals surface area contributed by atoms with Crippen LogP contribution in [-0.4, -0.2) is 17.6 Å². The van der Waals surface area contributed by atoms with Gasteiger partial charge >= 0.3 is 6.09 Å². The van der Waals surface area contributed by atoms with Gasteiger partial charge in [-0.2, -0.15) is 0 Å². The molecule has 1 aromatic rings. The maximum Gasteiger partial charge on any atom is 0.426 e. The van der Waals surface area contributed by atoms with Gasteiger partial charge in [0.15, 0.2) is 0 Å². The lowest BCUT2D eigenvalue weighted by molar-refractivity contribution is 0.0483. The third-order valence-electron chi connectivity index (χ3n) is 1.85. The van der Waals surface area contributed by atoms with E-state index in [9.17, 15) is 14.0 Å². The fourth-order valence-corrected chi connectivity index (χ4v) is 1.32. The van der Waals surface area contributed by atoms with Crippen LogP contribution in [0.4, 0.5) is 9.18 Å². The number of nitrogens with one attached hydrogen (secondary N) is 2. The van der Waals surface area contributed by atoms with E-state index in [1.54, 1.807) is 20.8 Å². The molecular weight excluding hydrogens is 275 g/mol. The number of hydrogen-bond donors (Lipinski definition) is 2. The van der Waals surface area contributed by atoms with E-state index in [0.717, 1.165) is 12.1 Å². The van der Waals surface area contributed by atoms with Crippen LogP contribution < -0.4 is 10.9 Å². The molecule has 0 aromatic heterocycles. The minimum absolute atomic E-state index is 0.212. The molecular formula is C12H14ClFN2O3. The Morgan fingerprint density at radius 2 is 1.89 bits per heavy atom. The molecule has 0 saturated heterocycles. The van der Waals surface area contributed by atoms with Crippen molar-refractivity contribution in [1.29, 1.82) is 0 Å². The molecule has 0 saturated carbocycles. The van der Waals surface area contributed by atoms with Gasteiger partial charge in [-0.25, -0.2) is 14.6 Å². The highest BCUT2D eigenvalue weighted by Gasteiger charge is 2.18. The summed E-state index contributed by atoms with van der Waals surface area (Å²) >= 11 is 5.65. The minimum atomic E-state index is -0.844. The van der Waals surface area contributed by atoms with E-state index in [1.807, 2.05) is 10.9 Å². The molecule has 0 unspecified atom stereocenters. The predicted octanol–water partition coefficient (Wildman–Crippen LogP) is 2.65. The molecule has 0 fully saturated rings. The quantitative estimate of drug-likeness (QED) is 0.781. The second kappa shape index (κ2) is 5.88. The molecule has 7 heteroatoms. The summed E-state index contributed by atoms with van der Waals surface area (Å²) in [5, 5.41) is 0.212. The molecule has 0 aliphatic carbocycles. The highest BCUT2D eigenvalue weighted by atomic mass is 35.5. The number of benzene rings is 1. The summed E-state index contributed by atoms with van der Waals surface area (Å²) < 4.78 is 18.2. The van der Waals surface area contributed by atoms with E-state index in [2.05, 4.69) is 0 Å². The van der Waals surface area contributed by atoms with Crippen molar-refractivity contribution >= 4 is 23.6 Å². The highest BCUT2D eigenvalue weighted by molar-refractivity contribution is 6.31. The Bertz CT molecular complexity index is 500. The van der Waals surface area contributed by atoms with E-state index in [1.165, 1.54) is 6.07 Å². The fraction of sp³-hybridized carbons (Fsp3) is 0.333. The van der Waals surface area contributed by atoms with Gasteiger partial charge in [-0.15, -0.1) is 0 Å². The molecule has 2 N–H and O–H groups in total. The summed E-state index contributed by atoms with van der Waals surface area (Å²) in [4.78, 5) is 22.9. The monoisotopic (exact) mass is 288 g/mol. The molecule has 2 amide bonds.